The Hall–Kier alpha value is -10.2. The Balaban J connectivity index is 2.06. The first-order valence-electron chi connectivity index (χ1n) is 36.9. The van der Waals surface area contributed by atoms with E-state index in [0.29, 0.717) is 55.5 Å². The maximum absolute atomic E-state index is 15.0. The SMILES string of the molecule is CC[C@H](C)[C@H](NC(=O)[C@H](CC(C)C)NC(=O)[C@@H](NC(=O)[C@H](Cc1ccc(O)cc1)NC(=O)[C@H](Cc1cnc[nH]1)NC(=O)[C@@H](NC(=O)[C@H](CC(=O)O)NC(=O)[C@H](Cc1ccc(O)cc1)NC(=O)[C@H](CC(C)C)NC(=O)[C@@H](NC(=O)[C@@H](N)CC(=O)O)[C@@H](C)CC)[C@@H](C)CC)[C@@H](C)CC)C(=O)N[C@@H](CCCCN)C(=O)O. The molecule has 0 spiro atoms. The third-order valence-electron chi connectivity index (χ3n) is 18.8. The van der Waals surface area contributed by atoms with Crippen LogP contribution in [0.25, 0.3) is 0 Å². The number of benzene rings is 2. The molecule has 0 saturated heterocycles. The number of unbranched alkanes of at least 4 members (excludes halogenated alkanes) is 1. The molecule has 21 N–H and O–H groups in total. The lowest BCUT2D eigenvalue weighted by Crippen LogP contribution is -2.62. The predicted molar refractivity (Wildman–Crippen MR) is 397 cm³/mol. The predicted octanol–water partition coefficient (Wildman–Crippen LogP) is 0.948. The molecule has 0 unspecified atom stereocenters. The van der Waals surface area contributed by atoms with Crippen molar-refractivity contribution < 1.29 is 92.7 Å². The van der Waals surface area contributed by atoms with Gasteiger partial charge in [0.25, 0.3) is 0 Å². The van der Waals surface area contributed by atoms with Gasteiger partial charge in [0.05, 0.1) is 25.2 Å². The van der Waals surface area contributed by atoms with Crippen molar-refractivity contribution >= 4 is 82.9 Å². The number of hydrogen-bond donors (Lipinski definition) is 19. The average Bonchev–Trinajstić information content (AvgIpc) is 0.934. The van der Waals surface area contributed by atoms with Crippen LogP contribution in [0, 0.1) is 35.5 Å². The summed E-state index contributed by atoms with van der Waals surface area (Å²) in [5.41, 5.74) is 12.5. The van der Waals surface area contributed by atoms with Crippen LogP contribution in [0.15, 0.2) is 61.1 Å². The van der Waals surface area contributed by atoms with E-state index >= 15 is 4.79 Å². The maximum atomic E-state index is 15.0. The Morgan fingerprint density at radius 3 is 1.06 bits per heavy atom. The maximum Gasteiger partial charge on any atom is 0.326 e. The van der Waals surface area contributed by atoms with Gasteiger partial charge in [-0.05, 0) is 110 Å². The number of phenols is 2. The standard InChI is InChI=1S/C74H115N15O19/c1-13-40(9)59(86-63(96)49(76)34-57(92)93)71(104)83-51(29-38(5)6)64(97)80-53(31-44-20-24-47(90)25-21-44)65(98)82-56(35-58(94)95)69(102)89-62(43(12)16-4)73(106)85-55(33-46-36-77-37-78-46)66(99)81-54(32-45-22-26-48(91)27-23-45)68(101)88-61(42(11)15-3)72(105)84-52(30-39(7)8)67(100)87-60(41(10)14-2)70(103)79-50(74(107)108)19-17-18-28-75/h20-27,36-43,49-56,59-62,90-91H,13-19,28-35,75-76H2,1-12H3,(H,77,78)(H,79,103)(H,80,97)(H,81,99)(H,82,98)(H,83,104)(H,84,105)(H,85,106)(H,86,96)(H,87,100)(H,88,101)(H,89,102)(H,92,93)(H,94,95)(H,107,108)/t40-,41-,42-,43-,49-,50-,51-,52-,53-,54-,55-,56-,59-,60-,61-,62-/m0/s1. The van der Waals surface area contributed by atoms with E-state index in [4.69, 9.17) is 11.5 Å². The number of phenolic OH excluding ortho intramolecular Hbond substituents is 2. The van der Waals surface area contributed by atoms with E-state index in [1.807, 2.05) is 0 Å². The van der Waals surface area contributed by atoms with Crippen LogP contribution in [0.4, 0.5) is 0 Å². The van der Waals surface area contributed by atoms with Crippen LogP contribution < -0.4 is 70.0 Å². The summed E-state index contributed by atoms with van der Waals surface area (Å²) in [6.45, 7) is 20.9. The van der Waals surface area contributed by atoms with Gasteiger partial charge in [-0.3, -0.25) is 62.3 Å². The fraction of sp³-hybridized carbons (Fsp3) is 0.608. The average molecular weight is 1520 g/mol. The van der Waals surface area contributed by atoms with Crippen molar-refractivity contribution in [2.75, 3.05) is 6.54 Å². The van der Waals surface area contributed by atoms with Crippen molar-refractivity contribution in [3.05, 3.63) is 77.9 Å². The Morgan fingerprint density at radius 1 is 0.398 bits per heavy atom. The largest absolute Gasteiger partial charge is 0.508 e. The second-order valence-corrected chi connectivity index (χ2v) is 28.6. The molecule has 34 nitrogen and oxygen atoms in total. The molecule has 108 heavy (non-hydrogen) atoms. The lowest BCUT2D eigenvalue weighted by molar-refractivity contribution is -0.143. The number of nitrogens with zero attached hydrogens (tertiary/aromatic N) is 1. The first-order valence-corrected chi connectivity index (χ1v) is 36.9. The van der Waals surface area contributed by atoms with E-state index in [2.05, 4.69) is 68.5 Å². The highest BCUT2D eigenvalue weighted by Gasteiger charge is 2.40. The van der Waals surface area contributed by atoms with Crippen LogP contribution in [0.1, 0.15) is 171 Å². The molecule has 0 radical (unpaired) electrons. The molecular formula is C74H115N15O19. The minimum Gasteiger partial charge on any atom is -0.508 e. The Morgan fingerprint density at radius 2 is 0.713 bits per heavy atom. The molecule has 0 aliphatic rings. The van der Waals surface area contributed by atoms with Crippen molar-refractivity contribution in [1.82, 2.24) is 68.5 Å². The summed E-state index contributed by atoms with van der Waals surface area (Å²) in [7, 11) is 0. The number of H-pyrrole nitrogens is 1. The van der Waals surface area contributed by atoms with Gasteiger partial charge in [-0.1, -0.05) is 133 Å². The molecule has 11 amide bonds. The lowest BCUT2D eigenvalue weighted by Gasteiger charge is -2.31. The van der Waals surface area contributed by atoms with Gasteiger partial charge in [0.15, 0.2) is 0 Å². The van der Waals surface area contributed by atoms with Gasteiger partial charge in [-0.2, -0.15) is 0 Å². The van der Waals surface area contributed by atoms with Gasteiger partial charge >= 0.3 is 17.9 Å². The van der Waals surface area contributed by atoms with E-state index < -0.39 is 192 Å². The van der Waals surface area contributed by atoms with E-state index in [9.17, 15) is 87.9 Å². The molecule has 16 atom stereocenters. The number of aromatic hydroxyl groups is 2. The van der Waals surface area contributed by atoms with Crippen LogP contribution in [-0.4, -0.2) is 197 Å². The summed E-state index contributed by atoms with van der Waals surface area (Å²) in [4.78, 5) is 202. The molecule has 1 aromatic heterocycles. The molecule has 3 rings (SSSR count). The monoisotopic (exact) mass is 1520 g/mol. The minimum absolute atomic E-state index is 0.0404. The third kappa shape index (κ3) is 31.3. The number of aromatic amines is 1. The van der Waals surface area contributed by atoms with Crippen molar-refractivity contribution in [2.24, 2.45) is 47.0 Å². The van der Waals surface area contributed by atoms with Gasteiger partial charge in [0.1, 0.15) is 78.0 Å². The van der Waals surface area contributed by atoms with Crippen LogP contribution in [0.2, 0.25) is 0 Å². The van der Waals surface area contributed by atoms with E-state index in [1.165, 1.54) is 61.1 Å². The number of aliphatic carboxylic acids is 3. The highest BCUT2D eigenvalue weighted by molar-refractivity contribution is 6.00. The highest BCUT2D eigenvalue weighted by atomic mass is 16.4. The van der Waals surface area contributed by atoms with Gasteiger partial charge in [0, 0.05) is 31.2 Å². The van der Waals surface area contributed by atoms with Crippen molar-refractivity contribution in [3.8, 4) is 11.5 Å². The summed E-state index contributed by atoms with van der Waals surface area (Å²) in [6, 6.07) is -6.74. The van der Waals surface area contributed by atoms with Crippen molar-refractivity contribution in [3.63, 3.8) is 0 Å². The topological polar surface area (TPSA) is 553 Å². The van der Waals surface area contributed by atoms with Gasteiger partial charge in [0.2, 0.25) is 65.0 Å². The zero-order chi connectivity index (χ0) is 81.2. The fourth-order valence-electron chi connectivity index (χ4n) is 11.5. The number of nitrogens with two attached hydrogens (primary N) is 2. The van der Waals surface area contributed by atoms with E-state index in [1.54, 1.807) is 83.1 Å². The lowest BCUT2D eigenvalue weighted by atomic mass is 9.94. The van der Waals surface area contributed by atoms with Gasteiger partial charge < -0.3 is 100 Å². The number of carboxylic acids is 3. The quantitative estimate of drug-likeness (QED) is 0.0350. The number of hydrogen-bond acceptors (Lipinski definition) is 19. The second kappa shape index (κ2) is 46.1. The molecule has 3 aromatic rings. The molecule has 0 saturated carbocycles. The smallest absolute Gasteiger partial charge is 0.326 e. The number of carbonyl (C=O) groups excluding carboxylic acids is 11. The fourth-order valence-corrected chi connectivity index (χ4v) is 11.5. The molecule has 2 aromatic carbocycles. The number of carbonyl (C=O) groups is 14. The number of amides is 11. The number of aromatic nitrogens is 2. The van der Waals surface area contributed by atoms with Gasteiger partial charge in [-0.25, -0.2) is 9.78 Å². The molecule has 1 heterocycles. The van der Waals surface area contributed by atoms with Crippen molar-refractivity contribution in [2.45, 2.75) is 245 Å². The van der Waals surface area contributed by atoms with Crippen LogP contribution in [0.5, 0.6) is 11.5 Å². The normalized spacial score (nSPS) is 15.8. The van der Waals surface area contributed by atoms with E-state index in [-0.39, 0.29) is 68.3 Å². The molecule has 34 heteroatoms. The summed E-state index contributed by atoms with van der Waals surface area (Å²) < 4.78 is 0. The van der Waals surface area contributed by atoms with Crippen LogP contribution >= 0.6 is 0 Å². The first-order chi connectivity index (χ1) is 50.9. The number of nitrogens with one attached hydrogen (secondary N) is 12. The number of imidazole rings is 1. The third-order valence-corrected chi connectivity index (χ3v) is 18.8. The zero-order valence-electron chi connectivity index (χ0n) is 63.8. The molecule has 0 fully saturated rings. The summed E-state index contributed by atoms with van der Waals surface area (Å²) >= 11 is 0. The molecule has 0 bridgehead atoms. The second-order valence-electron chi connectivity index (χ2n) is 28.6. The molecular weight excluding hydrogens is 1400 g/mol. The Bertz CT molecular complexity index is 3470. The molecule has 0 aliphatic carbocycles. The summed E-state index contributed by atoms with van der Waals surface area (Å²) in [6.07, 6.45) is 2.07. The van der Waals surface area contributed by atoms with E-state index in [0.717, 1.165) is 0 Å². The minimum atomic E-state index is -1.98. The summed E-state index contributed by atoms with van der Waals surface area (Å²) in [5, 5.41) is 78.6. The molecule has 600 valence electrons. The van der Waals surface area contributed by atoms with Gasteiger partial charge in [-0.15, -0.1) is 0 Å². The Labute approximate surface area is 629 Å². The van der Waals surface area contributed by atoms with Crippen molar-refractivity contribution in [1.29, 1.82) is 0 Å². The Kier molecular flexibility index (Phi) is 39.2. The number of rotatable bonds is 49. The zero-order valence-corrected chi connectivity index (χ0v) is 63.8. The molecule has 0 aliphatic heterocycles. The van der Waals surface area contributed by atoms with Crippen LogP contribution in [0.3, 0.4) is 0 Å². The number of carboxylic acid groups (broad SMARTS) is 3. The summed E-state index contributed by atoms with van der Waals surface area (Å²) in [5.74, 6) is -17.8. The highest BCUT2D eigenvalue weighted by Crippen LogP contribution is 2.20. The van der Waals surface area contributed by atoms with Crippen LogP contribution in [-0.2, 0) is 86.4 Å². The first kappa shape index (κ1) is 92.0.